The van der Waals surface area contributed by atoms with Crippen LogP contribution in [0.4, 0.5) is 10.5 Å². The lowest BCUT2D eigenvalue weighted by Gasteiger charge is -2.14. The first-order valence-corrected chi connectivity index (χ1v) is 14.0. The van der Waals surface area contributed by atoms with E-state index in [4.69, 9.17) is 9.84 Å². The van der Waals surface area contributed by atoms with Crippen molar-refractivity contribution in [1.29, 1.82) is 0 Å². The topological polar surface area (TPSA) is 88.5 Å². The second-order valence-corrected chi connectivity index (χ2v) is 11.7. The summed E-state index contributed by atoms with van der Waals surface area (Å²) in [5.74, 6) is -0.831. The Kier molecular flexibility index (Phi) is 7.10. The fraction of sp³-hybridized carbons (Fsp3) is 0.179. The van der Waals surface area contributed by atoms with Crippen molar-refractivity contribution >= 4 is 61.4 Å². The van der Waals surface area contributed by atoms with Crippen LogP contribution in [0.1, 0.15) is 35.4 Å². The molecule has 0 radical (unpaired) electrons. The van der Waals surface area contributed by atoms with Crippen LogP contribution in [0.5, 0.6) is 0 Å². The van der Waals surface area contributed by atoms with Gasteiger partial charge >= 0.3 is 12.1 Å². The van der Waals surface area contributed by atoms with E-state index in [2.05, 4.69) is 21.8 Å². The number of aliphatic carboxylic acids is 1. The summed E-state index contributed by atoms with van der Waals surface area (Å²) in [7, 11) is 0. The molecule has 1 atom stereocenters. The minimum Gasteiger partial charge on any atom is -0.481 e. The fourth-order valence-corrected chi connectivity index (χ4v) is 7.56. The average molecular weight is 549 g/mol. The SMILES string of the molecule is Cc1cc(CC(=O)O)ccc1-c1cc2sc(-c3snc(C)c3NC(=O)OC(C)c3ccccc3)cc2s1. The van der Waals surface area contributed by atoms with Gasteiger partial charge in [-0.05, 0) is 66.7 Å². The third-order valence-corrected chi connectivity index (χ3v) is 9.43. The average Bonchev–Trinajstić information content (AvgIpc) is 3.53. The van der Waals surface area contributed by atoms with Crippen LogP contribution in [0.2, 0.25) is 0 Å². The van der Waals surface area contributed by atoms with Gasteiger partial charge in [-0.3, -0.25) is 10.1 Å². The van der Waals surface area contributed by atoms with Crippen molar-refractivity contribution in [3.8, 4) is 20.2 Å². The number of aromatic nitrogens is 1. The summed E-state index contributed by atoms with van der Waals surface area (Å²) in [5.41, 5.74) is 5.31. The highest BCUT2D eigenvalue weighted by Crippen LogP contribution is 2.46. The number of benzene rings is 2. The number of nitrogens with one attached hydrogen (secondary N) is 1. The van der Waals surface area contributed by atoms with Crippen LogP contribution in [0.3, 0.4) is 0 Å². The number of aryl methyl sites for hydroxylation is 2. The molecule has 6 nitrogen and oxygen atoms in total. The molecule has 2 N–H and O–H groups in total. The van der Waals surface area contributed by atoms with Gasteiger partial charge in [0, 0.05) is 14.3 Å². The molecule has 0 saturated carbocycles. The number of anilines is 1. The molecule has 5 aromatic rings. The Morgan fingerprint density at radius 1 is 1.00 bits per heavy atom. The van der Waals surface area contributed by atoms with E-state index in [1.165, 1.54) is 11.5 Å². The molecule has 0 bridgehead atoms. The Balaban J connectivity index is 1.36. The van der Waals surface area contributed by atoms with Gasteiger partial charge in [0.2, 0.25) is 0 Å². The second kappa shape index (κ2) is 10.5. The van der Waals surface area contributed by atoms with Gasteiger partial charge in [0.15, 0.2) is 0 Å². The van der Waals surface area contributed by atoms with Crippen molar-refractivity contribution in [2.75, 3.05) is 5.32 Å². The standard InChI is InChI=1S/C28H24N2O4S3/c1-15-11-18(12-25(31)32)9-10-20(15)21-13-22-23(35-21)14-24(36-22)27-26(16(2)30-37-27)29-28(33)34-17(3)19-7-5-4-6-8-19/h4-11,13-14,17H,12H2,1-3H3,(H,29,33)(H,31,32). The number of carboxylic acid groups (broad SMARTS) is 1. The molecule has 0 saturated heterocycles. The zero-order valence-electron chi connectivity index (χ0n) is 20.4. The van der Waals surface area contributed by atoms with Gasteiger partial charge in [0.25, 0.3) is 0 Å². The molecule has 0 aliphatic carbocycles. The van der Waals surface area contributed by atoms with Gasteiger partial charge in [0.1, 0.15) is 6.10 Å². The Morgan fingerprint density at radius 3 is 2.41 bits per heavy atom. The van der Waals surface area contributed by atoms with Crippen LogP contribution < -0.4 is 5.32 Å². The molecule has 5 rings (SSSR count). The first-order valence-electron chi connectivity index (χ1n) is 11.6. The molecule has 0 spiro atoms. The number of amides is 1. The first-order chi connectivity index (χ1) is 17.8. The number of hydrogen-bond donors (Lipinski definition) is 2. The van der Waals surface area contributed by atoms with E-state index in [9.17, 15) is 9.59 Å². The Morgan fingerprint density at radius 2 is 1.70 bits per heavy atom. The summed E-state index contributed by atoms with van der Waals surface area (Å²) in [6, 6.07) is 19.8. The van der Waals surface area contributed by atoms with Crippen molar-refractivity contribution in [3.63, 3.8) is 0 Å². The van der Waals surface area contributed by atoms with Crippen LogP contribution >= 0.6 is 34.2 Å². The normalized spacial score (nSPS) is 12.0. The molecule has 3 heterocycles. The lowest BCUT2D eigenvalue weighted by Crippen LogP contribution is -2.16. The minimum absolute atomic E-state index is 0.0212. The summed E-state index contributed by atoms with van der Waals surface area (Å²) < 4.78 is 12.4. The van der Waals surface area contributed by atoms with Gasteiger partial charge in [-0.25, -0.2) is 4.79 Å². The van der Waals surface area contributed by atoms with Crippen molar-refractivity contribution in [1.82, 2.24) is 4.37 Å². The smallest absolute Gasteiger partial charge is 0.412 e. The van der Waals surface area contributed by atoms with E-state index in [0.29, 0.717) is 5.69 Å². The van der Waals surface area contributed by atoms with Crippen molar-refractivity contribution in [3.05, 3.63) is 83.0 Å². The number of carboxylic acids is 1. The second-order valence-electron chi connectivity index (χ2n) is 8.72. The predicted molar refractivity (Wildman–Crippen MR) is 152 cm³/mol. The first kappa shape index (κ1) is 25.1. The van der Waals surface area contributed by atoms with Crippen LogP contribution in [-0.4, -0.2) is 21.5 Å². The maximum Gasteiger partial charge on any atom is 0.412 e. The largest absolute Gasteiger partial charge is 0.481 e. The molecular weight excluding hydrogens is 525 g/mol. The van der Waals surface area contributed by atoms with E-state index in [-0.39, 0.29) is 12.5 Å². The maximum absolute atomic E-state index is 12.7. The van der Waals surface area contributed by atoms with E-state index in [0.717, 1.165) is 52.0 Å². The Bertz CT molecular complexity index is 1570. The number of nitrogens with zero attached hydrogens (tertiary/aromatic N) is 1. The molecule has 0 aliphatic rings. The van der Waals surface area contributed by atoms with Gasteiger partial charge in [-0.15, -0.1) is 22.7 Å². The zero-order chi connectivity index (χ0) is 26.1. The summed E-state index contributed by atoms with van der Waals surface area (Å²) in [5, 5.41) is 12.0. The van der Waals surface area contributed by atoms with Crippen LogP contribution in [-0.2, 0) is 16.0 Å². The minimum atomic E-state index is -0.831. The van der Waals surface area contributed by atoms with Gasteiger partial charge in [-0.2, -0.15) is 4.37 Å². The molecule has 0 fully saturated rings. The summed E-state index contributed by atoms with van der Waals surface area (Å²) in [6.07, 6.45) is -0.861. The number of rotatable bonds is 7. The number of thiophene rings is 2. The van der Waals surface area contributed by atoms with Crippen LogP contribution in [0, 0.1) is 13.8 Å². The lowest BCUT2D eigenvalue weighted by atomic mass is 10.0. The molecule has 1 amide bonds. The Labute approximate surface area is 226 Å². The highest BCUT2D eigenvalue weighted by molar-refractivity contribution is 7.32. The summed E-state index contributed by atoms with van der Waals surface area (Å²) in [4.78, 5) is 26.8. The van der Waals surface area contributed by atoms with E-state index in [1.54, 1.807) is 22.7 Å². The van der Waals surface area contributed by atoms with Crippen molar-refractivity contribution in [2.24, 2.45) is 0 Å². The van der Waals surface area contributed by atoms with Gasteiger partial charge < -0.3 is 9.84 Å². The fourth-order valence-electron chi connectivity index (χ4n) is 4.14. The highest BCUT2D eigenvalue weighted by atomic mass is 32.1. The third-order valence-electron chi connectivity index (χ3n) is 5.99. The molecule has 37 heavy (non-hydrogen) atoms. The molecular formula is C28H24N2O4S3. The van der Waals surface area contributed by atoms with Gasteiger partial charge in [0.05, 0.1) is 27.6 Å². The van der Waals surface area contributed by atoms with E-state index >= 15 is 0 Å². The molecule has 188 valence electrons. The molecule has 1 unspecified atom stereocenters. The van der Waals surface area contributed by atoms with Crippen LogP contribution in [0.15, 0.2) is 60.7 Å². The number of hydrogen-bond acceptors (Lipinski definition) is 7. The quantitative estimate of drug-likeness (QED) is 0.213. The van der Waals surface area contributed by atoms with E-state index < -0.39 is 12.1 Å². The summed E-state index contributed by atoms with van der Waals surface area (Å²) in [6.45, 7) is 5.73. The number of carbonyl (C=O) groups excluding carboxylic acids is 1. The monoisotopic (exact) mass is 548 g/mol. The molecule has 2 aromatic carbocycles. The third kappa shape index (κ3) is 5.44. The number of ether oxygens (including phenoxy) is 1. The number of carbonyl (C=O) groups is 2. The zero-order valence-corrected chi connectivity index (χ0v) is 22.9. The molecule has 0 aliphatic heterocycles. The Hall–Kier alpha value is -3.53. The maximum atomic E-state index is 12.7. The summed E-state index contributed by atoms with van der Waals surface area (Å²) >= 11 is 4.72. The molecule has 9 heteroatoms. The van der Waals surface area contributed by atoms with E-state index in [1.807, 2.05) is 69.3 Å². The van der Waals surface area contributed by atoms with Crippen molar-refractivity contribution in [2.45, 2.75) is 33.3 Å². The van der Waals surface area contributed by atoms with Gasteiger partial charge in [-0.1, -0.05) is 48.5 Å². The highest BCUT2D eigenvalue weighted by Gasteiger charge is 2.20. The van der Waals surface area contributed by atoms with Crippen molar-refractivity contribution < 1.29 is 19.4 Å². The predicted octanol–water partition coefficient (Wildman–Crippen LogP) is 8.31. The lowest BCUT2D eigenvalue weighted by molar-refractivity contribution is -0.136. The molecule has 3 aromatic heterocycles. The number of fused-ring (bicyclic) bond motifs is 1. The van der Waals surface area contributed by atoms with Crippen LogP contribution in [0.25, 0.3) is 29.6 Å².